The van der Waals surface area contributed by atoms with Gasteiger partial charge in [0.25, 0.3) is 0 Å². The summed E-state index contributed by atoms with van der Waals surface area (Å²) in [6, 6.07) is 0. The van der Waals surface area contributed by atoms with Crippen molar-refractivity contribution in [1.82, 2.24) is 0 Å². The molecule has 1 fully saturated rings. The van der Waals surface area contributed by atoms with E-state index in [9.17, 15) is 18.8 Å². The highest BCUT2D eigenvalue weighted by Gasteiger charge is 2.37. The minimum absolute atomic E-state index is 0.00153. The van der Waals surface area contributed by atoms with Crippen molar-refractivity contribution in [2.45, 2.75) is 84.4 Å². The third-order valence-electron chi connectivity index (χ3n) is 5.66. The standard InChI is InChI=1S/C23H31FO5S/c1-5-28-22(27)21-16-8-13(9-20(26)29-23(2,3)4)6-7-18(16)30-19(21)12-17(25)14-10-15(24)11-14/h13-15H,5-12H2,1-4H3/t13-,14?,15?/m0/s1. The van der Waals surface area contributed by atoms with Crippen LogP contribution in [0.2, 0.25) is 0 Å². The molecule has 1 saturated carbocycles. The van der Waals surface area contributed by atoms with E-state index in [1.54, 1.807) is 6.92 Å². The number of fused-ring (bicyclic) bond motifs is 1. The summed E-state index contributed by atoms with van der Waals surface area (Å²) in [5.74, 6) is -0.789. The number of carbonyl (C=O) groups excluding carboxylic acids is 3. The second-order valence-electron chi connectivity index (χ2n) is 9.33. The SMILES string of the molecule is CCOC(=O)c1c(CC(=O)C2CC(F)C2)sc2c1C[C@@H](CC(=O)OC(C)(C)C)CC2. The molecule has 0 radical (unpaired) electrons. The second kappa shape index (κ2) is 9.16. The number of ketones is 1. The van der Waals surface area contributed by atoms with Crippen LogP contribution >= 0.6 is 11.3 Å². The molecule has 0 aromatic carbocycles. The molecule has 1 aromatic rings. The maximum absolute atomic E-state index is 13.1. The van der Waals surface area contributed by atoms with Crippen molar-refractivity contribution < 1.29 is 28.2 Å². The Labute approximate surface area is 181 Å². The number of carbonyl (C=O) groups is 3. The van der Waals surface area contributed by atoms with Crippen LogP contribution in [0.25, 0.3) is 0 Å². The number of hydrogen-bond acceptors (Lipinski definition) is 6. The van der Waals surface area contributed by atoms with Crippen LogP contribution in [0.15, 0.2) is 0 Å². The van der Waals surface area contributed by atoms with E-state index in [1.165, 1.54) is 11.3 Å². The number of hydrogen-bond donors (Lipinski definition) is 0. The van der Waals surface area contributed by atoms with Crippen LogP contribution in [0, 0.1) is 11.8 Å². The Bertz CT molecular complexity index is 816. The van der Waals surface area contributed by atoms with E-state index in [2.05, 4.69) is 0 Å². The van der Waals surface area contributed by atoms with E-state index in [0.29, 0.717) is 18.4 Å². The second-order valence-corrected chi connectivity index (χ2v) is 10.5. The Balaban J connectivity index is 1.77. The third-order valence-corrected chi connectivity index (χ3v) is 6.95. The van der Waals surface area contributed by atoms with Crippen molar-refractivity contribution in [3.63, 3.8) is 0 Å². The number of Topliss-reactive ketones (excluding diaryl/α,β-unsaturated/α-hetero) is 1. The number of esters is 2. The molecule has 30 heavy (non-hydrogen) atoms. The summed E-state index contributed by atoms with van der Waals surface area (Å²) < 4.78 is 23.9. The van der Waals surface area contributed by atoms with Gasteiger partial charge in [0.15, 0.2) is 0 Å². The van der Waals surface area contributed by atoms with Crippen molar-refractivity contribution in [2.75, 3.05) is 6.61 Å². The van der Waals surface area contributed by atoms with Crippen LogP contribution < -0.4 is 0 Å². The zero-order valence-electron chi connectivity index (χ0n) is 18.2. The van der Waals surface area contributed by atoms with Gasteiger partial charge < -0.3 is 9.47 Å². The molecule has 2 aliphatic rings. The van der Waals surface area contributed by atoms with E-state index in [1.807, 2.05) is 20.8 Å². The van der Waals surface area contributed by atoms with Crippen molar-refractivity contribution >= 4 is 29.1 Å². The molecule has 0 spiro atoms. The van der Waals surface area contributed by atoms with Gasteiger partial charge in [-0.05, 0) is 71.3 Å². The predicted octanol–water partition coefficient (Wildman–Crippen LogP) is 4.62. The molecule has 1 atom stereocenters. The van der Waals surface area contributed by atoms with Crippen molar-refractivity contribution in [1.29, 1.82) is 0 Å². The average Bonchev–Trinajstić information content (AvgIpc) is 2.94. The molecule has 5 nitrogen and oxygen atoms in total. The van der Waals surface area contributed by atoms with Gasteiger partial charge in [-0.2, -0.15) is 0 Å². The average molecular weight is 439 g/mol. The smallest absolute Gasteiger partial charge is 0.339 e. The van der Waals surface area contributed by atoms with Crippen LogP contribution in [-0.2, 0) is 38.3 Å². The summed E-state index contributed by atoms with van der Waals surface area (Å²) in [5.41, 5.74) is 0.886. The minimum Gasteiger partial charge on any atom is -0.462 e. The van der Waals surface area contributed by atoms with Crippen molar-refractivity contribution in [3.8, 4) is 0 Å². The number of alkyl halides is 1. The Hall–Kier alpha value is -1.76. The highest BCUT2D eigenvalue weighted by Crippen LogP contribution is 2.40. The number of thiophene rings is 1. The summed E-state index contributed by atoms with van der Waals surface area (Å²) in [6.45, 7) is 7.54. The number of aryl methyl sites for hydroxylation is 1. The van der Waals surface area contributed by atoms with Gasteiger partial charge in [-0.15, -0.1) is 11.3 Å². The van der Waals surface area contributed by atoms with Gasteiger partial charge >= 0.3 is 11.9 Å². The van der Waals surface area contributed by atoms with Gasteiger partial charge in [0.2, 0.25) is 0 Å². The molecular formula is C23H31FO5S. The van der Waals surface area contributed by atoms with E-state index in [4.69, 9.17) is 9.47 Å². The molecule has 0 N–H and O–H groups in total. The Morgan fingerprint density at radius 2 is 1.90 bits per heavy atom. The highest BCUT2D eigenvalue weighted by molar-refractivity contribution is 7.12. The number of rotatable bonds is 7. The first-order valence-electron chi connectivity index (χ1n) is 10.8. The van der Waals surface area contributed by atoms with Crippen LogP contribution in [0.5, 0.6) is 0 Å². The number of ether oxygens (including phenoxy) is 2. The normalized spacial score (nSPS) is 23.3. The largest absolute Gasteiger partial charge is 0.462 e. The highest BCUT2D eigenvalue weighted by atomic mass is 32.1. The lowest BCUT2D eigenvalue weighted by Gasteiger charge is -2.28. The van der Waals surface area contributed by atoms with Crippen LogP contribution in [0.4, 0.5) is 4.39 Å². The first-order chi connectivity index (χ1) is 14.1. The zero-order valence-corrected chi connectivity index (χ0v) is 19.0. The minimum atomic E-state index is -0.881. The topological polar surface area (TPSA) is 69.7 Å². The quantitative estimate of drug-likeness (QED) is 0.581. The number of halogens is 1. The molecule has 2 aliphatic carbocycles. The summed E-state index contributed by atoms with van der Waals surface area (Å²) in [7, 11) is 0. The van der Waals surface area contributed by atoms with Crippen molar-refractivity contribution in [2.24, 2.45) is 11.8 Å². The molecule has 0 aliphatic heterocycles. The molecule has 1 aromatic heterocycles. The molecule has 0 amide bonds. The molecule has 0 saturated heterocycles. The summed E-state index contributed by atoms with van der Waals surface area (Å²) >= 11 is 1.50. The lowest BCUT2D eigenvalue weighted by molar-refractivity contribution is -0.156. The van der Waals surface area contributed by atoms with Gasteiger partial charge in [-0.1, -0.05) is 0 Å². The predicted molar refractivity (Wildman–Crippen MR) is 113 cm³/mol. The lowest BCUT2D eigenvalue weighted by Crippen LogP contribution is -2.32. The van der Waals surface area contributed by atoms with Gasteiger partial charge in [-0.25, -0.2) is 9.18 Å². The Kier molecular flexibility index (Phi) is 7.00. The van der Waals surface area contributed by atoms with Crippen LogP contribution in [0.3, 0.4) is 0 Å². The molecule has 3 rings (SSSR count). The fourth-order valence-corrected chi connectivity index (χ4v) is 5.53. The molecule has 0 unspecified atom stereocenters. The summed E-state index contributed by atoms with van der Waals surface area (Å²) in [6.07, 6.45) is 2.37. The fourth-order valence-electron chi connectivity index (χ4n) is 4.18. The lowest BCUT2D eigenvalue weighted by atomic mass is 9.79. The summed E-state index contributed by atoms with van der Waals surface area (Å²) in [5, 5.41) is 0. The Morgan fingerprint density at radius 3 is 2.50 bits per heavy atom. The van der Waals surface area contributed by atoms with Gasteiger partial charge in [0.1, 0.15) is 17.6 Å². The van der Waals surface area contributed by atoms with Gasteiger partial charge in [0, 0.05) is 28.5 Å². The zero-order chi connectivity index (χ0) is 22.1. The Morgan fingerprint density at radius 1 is 1.20 bits per heavy atom. The molecular weight excluding hydrogens is 407 g/mol. The maximum atomic E-state index is 13.1. The molecule has 0 bridgehead atoms. The summed E-state index contributed by atoms with van der Waals surface area (Å²) in [4.78, 5) is 39.4. The van der Waals surface area contributed by atoms with E-state index < -0.39 is 17.7 Å². The molecule has 166 valence electrons. The fraction of sp³-hybridized carbons (Fsp3) is 0.696. The van der Waals surface area contributed by atoms with Gasteiger partial charge in [0.05, 0.1) is 12.2 Å². The molecule has 1 heterocycles. The van der Waals surface area contributed by atoms with E-state index >= 15 is 0 Å². The van der Waals surface area contributed by atoms with Crippen LogP contribution in [0.1, 0.15) is 79.1 Å². The first kappa shape index (κ1) is 22.9. The maximum Gasteiger partial charge on any atom is 0.339 e. The third kappa shape index (κ3) is 5.48. The first-order valence-corrected chi connectivity index (χ1v) is 11.6. The monoisotopic (exact) mass is 438 g/mol. The van der Waals surface area contributed by atoms with E-state index in [-0.39, 0.29) is 49.5 Å². The molecule has 7 heteroatoms. The van der Waals surface area contributed by atoms with E-state index in [0.717, 1.165) is 28.2 Å². The van der Waals surface area contributed by atoms with Crippen LogP contribution in [-0.4, -0.2) is 36.1 Å². The van der Waals surface area contributed by atoms with Crippen molar-refractivity contribution in [3.05, 3.63) is 20.9 Å². The van der Waals surface area contributed by atoms with Gasteiger partial charge in [-0.3, -0.25) is 9.59 Å².